The highest BCUT2D eigenvalue weighted by molar-refractivity contribution is 5.85. The predicted octanol–water partition coefficient (Wildman–Crippen LogP) is 2.85. The molecule has 140 valence electrons. The first kappa shape index (κ1) is 21.3. The second-order valence-electron chi connectivity index (χ2n) is 6.23. The van der Waals surface area contributed by atoms with Crippen molar-refractivity contribution in [3.8, 4) is 11.5 Å². The quantitative estimate of drug-likeness (QED) is 0.692. The van der Waals surface area contributed by atoms with Crippen LogP contribution in [0.4, 0.5) is 0 Å². The lowest BCUT2D eigenvalue weighted by Crippen LogP contribution is -2.34. The molecular weight excluding hydrogens is 340 g/mol. The lowest BCUT2D eigenvalue weighted by molar-refractivity contribution is -0.126. The number of amides is 1. The molecular formula is C19H29ClN2O3. The van der Waals surface area contributed by atoms with Crippen LogP contribution in [-0.4, -0.2) is 26.7 Å². The van der Waals surface area contributed by atoms with Gasteiger partial charge in [0.1, 0.15) is 0 Å². The summed E-state index contributed by atoms with van der Waals surface area (Å²) in [5.74, 6) is 1.84. The second-order valence-corrected chi connectivity index (χ2v) is 6.23. The van der Waals surface area contributed by atoms with Gasteiger partial charge < -0.3 is 20.5 Å². The number of ether oxygens (including phenoxy) is 2. The largest absolute Gasteiger partial charge is 0.493 e. The van der Waals surface area contributed by atoms with E-state index in [0.717, 1.165) is 30.4 Å². The Balaban J connectivity index is 0.00000312. The summed E-state index contributed by atoms with van der Waals surface area (Å²) in [6.45, 7) is 4.83. The molecule has 0 saturated heterocycles. The predicted molar refractivity (Wildman–Crippen MR) is 102 cm³/mol. The average molecular weight is 369 g/mol. The summed E-state index contributed by atoms with van der Waals surface area (Å²) in [7, 11) is 3.24. The highest BCUT2D eigenvalue weighted by Crippen LogP contribution is 2.34. The summed E-state index contributed by atoms with van der Waals surface area (Å²) in [6.07, 6.45) is 5.57. The number of carbonyl (C=O) groups is 1. The Morgan fingerprint density at radius 1 is 1.36 bits per heavy atom. The molecule has 1 aromatic carbocycles. The van der Waals surface area contributed by atoms with Crippen molar-refractivity contribution in [3.05, 3.63) is 35.9 Å². The van der Waals surface area contributed by atoms with Crippen LogP contribution < -0.4 is 20.5 Å². The van der Waals surface area contributed by atoms with Crippen molar-refractivity contribution in [1.82, 2.24) is 5.32 Å². The van der Waals surface area contributed by atoms with Gasteiger partial charge >= 0.3 is 0 Å². The van der Waals surface area contributed by atoms with Crippen molar-refractivity contribution < 1.29 is 14.3 Å². The minimum absolute atomic E-state index is 0. The molecule has 1 aromatic rings. The molecule has 0 radical (unpaired) electrons. The maximum absolute atomic E-state index is 12.4. The molecule has 1 saturated carbocycles. The number of carbonyl (C=O) groups excluding carboxylic acids is 1. The van der Waals surface area contributed by atoms with Gasteiger partial charge in [0.15, 0.2) is 11.5 Å². The molecule has 0 bridgehead atoms. The Morgan fingerprint density at radius 3 is 2.72 bits per heavy atom. The summed E-state index contributed by atoms with van der Waals surface area (Å²) in [6, 6.07) is 3.93. The molecule has 0 unspecified atom stereocenters. The fraction of sp³-hybridized carbons (Fsp3) is 0.526. The lowest BCUT2D eigenvalue weighted by atomic mass is 9.95. The van der Waals surface area contributed by atoms with Crippen LogP contribution >= 0.6 is 12.4 Å². The van der Waals surface area contributed by atoms with Gasteiger partial charge in [-0.2, -0.15) is 0 Å². The molecule has 1 amide bonds. The van der Waals surface area contributed by atoms with Crippen LogP contribution in [0.15, 0.2) is 24.8 Å². The molecule has 1 aliphatic rings. The van der Waals surface area contributed by atoms with Crippen molar-refractivity contribution in [2.45, 2.75) is 32.2 Å². The van der Waals surface area contributed by atoms with E-state index in [2.05, 4.69) is 11.9 Å². The van der Waals surface area contributed by atoms with E-state index < -0.39 is 0 Å². The molecule has 1 fully saturated rings. The van der Waals surface area contributed by atoms with E-state index in [4.69, 9.17) is 15.2 Å². The third-order valence-electron chi connectivity index (χ3n) is 4.75. The zero-order chi connectivity index (χ0) is 17.5. The van der Waals surface area contributed by atoms with E-state index >= 15 is 0 Å². The Hall–Kier alpha value is -1.72. The Kier molecular flexibility index (Phi) is 8.79. The van der Waals surface area contributed by atoms with Gasteiger partial charge in [-0.25, -0.2) is 0 Å². The van der Waals surface area contributed by atoms with E-state index in [9.17, 15) is 4.79 Å². The Morgan fingerprint density at radius 2 is 2.12 bits per heavy atom. The molecule has 5 nitrogen and oxygen atoms in total. The van der Waals surface area contributed by atoms with Crippen molar-refractivity contribution in [2.24, 2.45) is 17.6 Å². The van der Waals surface area contributed by atoms with Gasteiger partial charge in [-0.1, -0.05) is 12.5 Å². The van der Waals surface area contributed by atoms with E-state index in [1.165, 1.54) is 0 Å². The summed E-state index contributed by atoms with van der Waals surface area (Å²) in [5, 5.41) is 3.05. The van der Waals surface area contributed by atoms with Crippen LogP contribution in [0.25, 0.3) is 0 Å². The van der Waals surface area contributed by atoms with Gasteiger partial charge in [0.05, 0.1) is 14.2 Å². The first-order chi connectivity index (χ1) is 11.6. The number of allylic oxidation sites excluding steroid dienone is 1. The van der Waals surface area contributed by atoms with Crippen LogP contribution in [-0.2, 0) is 17.8 Å². The van der Waals surface area contributed by atoms with E-state index in [0.29, 0.717) is 36.9 Å². The van der Waals surface area contributed by atoms with Crippen LogP contribution in [0, 0.1) is 11.8 Å². The highest BCUT2D eigenvalue weighted by Gasteiger charge is 2.31. The van der Waals surface area contributed by atoms with Crippen molar-refractivity contribution in [1.29, 1.82) is 0 Å². The Labute approximate surface area is 156 Å². The first-order valence-electron chi connectivity index (χ1n) is 8.47. The van der Waals surface area contributed by atoms with Crippen molar-refractivity contribution in [3.63, 3.8) is 0 Å². The number of methoxy groups -OCH3 is 2. The molecule has 1 aliphatic carbocycles. The summed E-state index contributed by atoms with van der Waals surface area (Å²) in [5.41, 5.74) is 7.76. The maximum atomic E-state index is 12.4. The molecule has 6 heteroatoms. The van der Waals surface area contributed by atoms with Gasteiger partial charge in [-0.05, 0) is 49.4 Å². The smallest absolute Gasteiger partial charge is 0.223 e. The normalized spacial score (nSPS) is 19.0. The monoisotopic (exact) mass is 368 g/mol. The van der Waals surface area contributed by atoms with E-state index in [1.54, 1.807) is 14.2 Å². The fourth-order valence-electron chi connectivity index (χ4n) is 3.50. The van der Waals surface area contributed by atoms with Crippen LogP contribution in [0.1, 0.15) is 30.4 Å². The number of nitrogens with one attached hydrogen (secondary N) is 1. The highest BCUT2D eigenvalue weighted by atomic mass is 35.5. The summed E-state index contributed by atoms with van der Waals surface area (Å²) in [4.78, 5) is 12.4. The maximum Gasteiger partial charge on any atom is 0.223 e. The zero-order valence-electron chi connectivity index (χ0n) is 15.0. The standard InChI is InChI=1S/C19H28N2O3.ClH/c1-4-6-14-9-13(10-17(23-2)18(14)24-3)12-21-19(22)16-8-5-7-15(16)11-20;/h4,9-10,15-16H,1,5-8,11-12,20H2,2-3H3,(H,21,22);1H/t15-,16-;/m1./s1. The third-order valence-corrected chi connectivity index (χ3v) is 4.75. The number of halogens is 1. The number of hydrogen-bond acceptors (Lipinski definition) is 4. The molecule has 25 heavy (non-hydrogen) atoms. The van der Waals surface area contributed by atoms with Gasteiger partial charge in [-0.15, -0.1) is 19.0 Å². The number of rotatable bonds is 8. The SMILES string of the molecule is C=CCc1cc(CNC(=O)[C@@H]2CCC[C@@H]2CN)cc(OC)c1OC.Cl. The minimum atomic E-state index is 0. The number of hydrogen-bond donors (Lipinski definition) is 2. The van der Waals surface area contributed by atoms with Crippen LogP contribution in [0.3, 0.4) is 0 Å². The molecule has 0 aromatic heterocycles. The third kappa shape index (κ3) is 5.13. The molecule has 2 rings (SSSR count). The van der Waals surface area contributed by atoms with Gasteiger partial charge in [0, 0.05) is 18.0 Å². The van der Waals surface area contributed by atoms with Crippen LogP contribution in [0.2, 0.25) is 0 Å². The first-order valence-corrected chi connectivity index (χ1v) is 8.47. The molecule has 2 atom stereocenters. The van der Waals surface area contributed by atoms with E-state index in [1.807, 2.05) is 18.2 Å². The lowest BCUT2D eigenvalue weighted by Gasteiger charge is -2.18. The average Bonchev–Trinajstić information content (AvgIpc) is 3.08. The topological polar surface area (TPSA) is 73.6 Å². The summed E-state index contributed by atoms with van der Waals surface area (Å²) >= 11 is 0. The molecule has 0 heterocycles. The minimum Gasteiger partial charge on any atom is -0.493 e. The zero-order valence-corrected chi connectivity index (χ0v) is 15.9. The van der Waals surface area contributed by atoms with Crippen molar-refractivity contribution in [2.75, 3.05) is 20.8 Å². The summed E-state index contributed by atoms with van der Waals surface area (Å²) < 4.78 is 10.9. The van der Waals surface area contributed by atoms with Gasteiger partial charge in [0.25, 0.3) is 0 Å². The van der Waals surface area contributed by atoms with Gasteiger partial charge in [-0.3, -0.25) is 4.79 Å². The Bertz CT molecular complexity index is 592. The van der Waals surface area contributed by atoms with E-state index in [-0.39, 0.29) is 24.2 Å². The molecule has 0 aliphatic heterocycles. The fourth-order valence-corrected chi connectivity index (χ4v) is 3.50. The van der Waals surface area contributed by atoms with Crippen molar-refractivity contribution >= 4 is 18.3 Å². The molecule has 3 N–H and O–H groups in total. The van der Waals surface area contributed by atoms with Gasteiger partial charge in [0.2, 0.25) is 5.91 Å². The number of benzene rings is 1. The van der Waals surface area contributed by atoms with Crippen LogP contribution in [0.5, 0.6) is 11.5 Å². The molecule has 0 spiro atoms. The number of nitrogens with two attached hydrogens (primary N) is 1. The second kappa shape index (κ2) is 10.3.